The van der Waals surface area contributed by atoms with E-state index in [9.17, 15) is 0 Å². The van der Waals surface area contributed by atoms with Crippen LogP contribution in [-0.2, 0) is 11.2 Å². The molecule has 0 aliphatic carbocycles. The van der Waals surface area contributed by atoms with Crippen molar-refractivity contribution in [3.05, 3.63) is 29.3 Å². The summed E-state index contributed by atoms with van der Waals surface area (Å²) in [6, 6.07) is 8.27. The third-order valence-corrected chi connectivity index (χ3v) is 4.94. The molecule has 0 bridgehead atoms. The van der Waals surface area contributed by atoms with Crippen molar-refractivity contribution in [3.63, 3.8) is 0 Å². The molecule has 1 aromatic carbocycles. The van der Waals surface area contributed by atoms with E-state index in [0.717, 1.165) is 31.6 Å². The molecule has 1 fully saturated rings. The fourth-order valence-corrected chi connectivity index (χ4v) is 3.70. The molecule has 1 saturated heterocycles. The Balaban J connectivity index is 1.89. The number of rotatable bonds is 3. The van der Waals surface area contributed by atoms with Crippen LogP contribution in [0.3, 0.4) is 0 Å². The first-order chi connectivity index (χ1) is 8.31. The van der Waals surface area contributed by atoms with E-state index >= 15 is 0 Å². The lowest BCUT2D eigenvalue weighted by Crippen LogP contribution is -2.25. The summed E-state index contributed by atoms with van der Waals surface area (Å²) >= 11 is 7.88. The lowest BCUT2D eigenvalue weighted by Gasteiger charge is -2.22. The highest BCUT2D eigenvalue weighted by atomic mass is 35.5. The summed E-state index contributed by atoms with van der Waals surface area (Å²) in [5.74, 6) is 0.656. The quantitative estimate of drug-likeness (QED) is 0.795. The molecule has 2 heterocycles. The van der Waals surface area contributed by atoms with Gasteiger partial charge in [-0.15, -0.1) is 22.9 Å². The Hall–Kier alpha value is -0.640. The smallest absolute Gasteiger partial charge is 0.0945 e. The number of thiazole rings is 1. The molecule has 0 radical (unpaired) electrons. The van der Waals surface area contributed by atoms with Gasteiger partial charge in [-0.1, -0.05) is 12.1 Å². The van der Waals surface area contributed by atoms with E-state index in [-0.39, 0.29) is 5.41 Å². The molecule has 2 aromatic rings. The molecule has 1 atom stereocenters. The number of aromatic nitrogens is 1. The van der Waals surface area contributed by atoms with Gasteiger partial charge in [-0.05, 0) is 18.6 Å². The Morgan fingerprint density at radius 2 is 2.29 bits per heavy atom. The van der Waals surface area contributed by atoms with E-state index in [1.54, 1.807) is 11.3 Å². The molecular formula is C13H14ClNOS. The highest BCUT2D eigenvalue weighted by molar-refractivity contribution is 7.18. The predicted octanol–water partition coefficient (Wildman–Crippen LogP) is 3.48. The van der Waals surface area contributed by atoms with Gasteiger partial charge in [-0.3, -0.25) is 0 Å². The van der Waals surface area contributed by atoms with Gasteiger partial charge in [-0.25, -0.2) is 4.98 Å². The van der Waals surface area contributed by atoms with Crippen LogP contribution in [0.5, 0.6) is 0 Å². The second-order valence-electron chi connectivity index (χ2n) is 4.69. The van der Waals surface area contributed by atoms with Gasteiger partial charge >= 0.3 is 0 Å². The topological polar surface area (TPSA) is 22.1 Å². The lowest BCUT2D eigenvalue weighted by atomic mass is 9.86. The highest BCUT2D eigenvalue weighted by Gasteiger charge is 2.35. The summed E-state index contributed by atoms with van der Waals surface area (Å²) in [6.45, 7) is 1.60. The van der Waals surface area contributed by atoms with E-state index in [1.807, 2.05) is 6.07 Å². The van der Waals surface area contributed by atoms with Gasteiger partial charge in [0, 0.05) is 24.3 Å². The second kappa shape index (κ2) is 4.56. The maximum atomic E-state index is 6.11. The maximum Gasteiger partial charge on any atom is 0.0945 e. The molecule has 90 valence electrons. The molecule has 0 saturated carbocycles. The van der Waals surface area contributed by atoms with E-state index in [0.29, 0.717) is 5.88 Å². The summed E-state index contributed by atoms with van der Waals surface area (Å²) < 4.78 is 6.75. The molecule has 0 amide bonds. The monoisotopic (exact) mass is 267 g/mol. The first-order valence-corrected chi connectivity index (χ1v) is 7.15. The molecule has 4 heteroatoms. The number of nitrogens with zero attached hydrogens (tertiary/aromatic N) is 1. The first kappa shape index (κ1) is 11.5. The standard InChI is InChI=1S/C13H14ClNOS/c14-8-13(5-6-16-9-13)7-12-15-10-3-1-2-4-11(10)17-12/h1-4H,5-9H2. The minimum Gasteiger partial charge on any atom is -0.381 e. The second-order valence-corrected chi connectivity index (χ2v) is 6.07. The number of ether oxygens (including phenoxy) is 1. The summed E-state index contributed by atoms with van der Waals surface area (Å²) in [4.78, 5) is 4.67. The van der Waals surface area contributed by atoms with Crippen LogP contribution in [0.1, 0.15) is 11.4 Å². The Kier molecular flexibility index (Phi) is 3.07. The van der Waals surface area contributed by atoms with Gasteiger partial charge in [0.25, 0.3) is 0 Å². The zero-order chi connectivity index (χ0) is 11.7. The van der Waals surface area contributed by atoms with Crippen molar-refractivity contribution >= 4 is 33.2 Å². The molecule has 1 aliphatic heterocycles. The van der Waals surface area contributed by atoms with Crippen LogP contribution in [-0.4, -0.2) is 24.1 Å². The lowest BCUT2D eigenvalue weighted by molar-refractivity contribution is 0.161. The summed E-state index contributed by atoms with van der Waals surface area (Å²) in [7, 11) is 0. The van der Waals surface area contributed by atoms with Crippen molar-refractivity contribution in [2.75, 3.05) is 19.1 Å². The van der Waals surface area contributed by atoms with Crippen LogP contribution >= 0.6 is 22.9 Å². The fourth-order valence-electron chi connectivity index (χ4n) is 2.26. The van der Waals surface area contributed by atoms with Gasteiger partial charge in [0.15, 0.2) is 0 Å². The van der Waals surface area contributed by atoms with Crippen molar-refractivity contribution in [1.29, 1.82) is 0 Å². The molecule has 3 rings (SSSR count). The van der Waals surface area contributed by atoms with Crippen LogP contribution in [0.4, 0.5) is 0 Å². The Morgan fingerprint density at radius 1 is 1.41 bits per heavy atom. The third-order valence-electron chi connectivity index (χ3n) is 3.33. The van der Waals surface area contributed by atoms with Gasteiger partial charge in [-0.2, -0.15) is 0 Å². The van der Waals surface area contributed by atoms with E-state index < -0.39 is 0 Å². The van der Waals surface area contributed by atoms with E-state index in [2.05, 4.69) is 23.2 Å². The Labute approximate surface area is 110 Å². The fraction of sp³-hybridized carbons (Fsp3) is 0.462. The number of alkyl halides is 1. The minimum atomic E-state index is 0.107. The molecule has 0 spiro atoms. The number of benzene rings is 1. The van der Waals surface area contributed by atoms with Crippen molar-refractivity contribution < 1.29 is 4.74 Å². The third kappa shape index (κ3) is 2.19. The SMILES string of the molecule is ClCC1(Cc2nc3ccccc3s2)CCOC1. The predicted molar refractivity (Wildman–Crippen MR) is 71.9 cm³/mol. The normalized spacial score (nSPS) is 24.5. The van der Waals surface area contributed by atoms with Gasteiger partial charge in [0.2, 0.25) is 0 Å². The Bertz CT molecular complexity index is 486. The summed E-state index contributed by atoms with van der Waals surface area (Å²) in [5.41, 5.74) is 1.20. The average Bonchev–Trinajstić information content (AvgIpc) is 2.95. The molecule has 2 nitrogen and oxygen atoms in total. The maximum absolute atomic E-state index is 6.11. The van der Waals surface area contributed by atoms with Crippen LogP contribution in [0.25, 0.3) is 10.2 Å². The molecule has 1 unspecified atom stereocenters. The minimum absolute atomic E-state index is 0.107. The van der Waals surface area contributed by atoms with Crippen molar-refractivity contribution in [1.82, 2.24) is 4.98 Å². The zero-order valence-electron chi connectivity index (χ0n) is 9.49. The summed E-state index contributed by atoms with van der Waals surface area (Å²) in [6.07, 6.45) is 1.99. The Morgan fingerprint density at radius 3 is 3.00 bits per heavy atom. The number of para-hydroxylation sites is 1. The van der Waals surface area contributed by atoms with E-state index in [1.165, 1.54) is 9.71 Å². The number of halogens is 1. The van der Waals surface area contributed by atoms with Gasteiger partial charge < -0.3 is 4.74 Å². The average molecular weight is 268 g/mol. The number of hydrogen-bond donors (Lipinski definition) is 0. The van der Waals surface area contributed by atoms with Crippen LogP contribution in [0.2, 0.25) is 0 Å². The molecule has 1 aliphatic rings. The van der Waals surface area contributed by atoms with E-state index in [4.69, 9.17) is 16.3 Å². The molecular weight excluding hydrogens is 254 g/mol. The highest BCUT2D eigenvalue weighted by Crippen LogP contribution is 2.36. The molecule has 1 aromatic heterocycles. The van der Waals surface area contributed by atoms with Crippen molar-refractivity contribution in [3.8, 4) is 0 Å². The molecule has 17 heavy (non-hydrogen) atoms. The van der Waals surface area contributed by atoms with Crippen molar-refractivity contribution in [2.24, 2.45) is 5.41 Å². The largest absolute Gasteiger partial charge is 0.381 e. The molecule has 0 N–H and O–H groups in total. The first-order valence-electron chi connectivity index (χ1n) is 5.80. The van der Waals surface area contributed by atoms with Crippen LogP contribution in [0.15, 0.2) is 24.3 Å². The van der Waals surface area contributed by atoms with Gasteiger partial charge in [0.1, 0.15) is 0 Å². The van der Waals surface area contributed by atoms with Crippen LogP contribution < -0.4 is 0 Å². The summed E-state index contributed by atoms with van der Waals surface area (Å²) in [5, 5.41) is 1.18. The van der Waals surface area contributed by atoms with Crippen molar-refractivity contribution in [2.45, 2.75) is 12.8 Å². The zero-order valence-corrected chi connectivity index (χ0v) is 11.1. The number of fused-ring (bicyclic) bond motifs is 1. The van der Waals surface area contributed by atoms with Gasteiger partial charge in [0.05, 0.1) is 21.8 Å². The number of hydrogen-bond acceptors (Lipinski definition) is 3. The van der Waals surface area contributed by atoms with Crippen LogP contribution in [0, 0.1) is 5.41 Å².